The molecule has 0 radical (unpaired) electrons. The number of carboxylic acid groups (broad SMARTS) is 3. The number of hydrogen-bond acceptors (Lipinski definition) is 21. The highest BCUT2D eigenvalue weighted by molar-refractivity contribution is 8.76. The molecular weight excluding hydrogens is 1070 g/mol. The number of nitrogens with zero attached hydrogens (tertiary/aromatic N) is 3. The van der Waals surface area contributed by atoms with Crippen molar-refractivity contribution in [3.8, 4) is 0 Å². The number of imide groups is 1. The number of benzene rings is 2. The molecule has 0 spiro atoms. The molecule has 0 bridgehead atoms. The number of carbonyl (C=O) groups is 11. The van der Waals surface area contributed by atoms with Gasteiger partial charge in [-0.1, -0.05) is 33.7 Å². The van der Waals surface area contributed by atoms with Crippen molar-refractivity contribution < 1.29 is 94.4 Å². The highest BCUT2D eigenvalue weighted by Gasteiger charge is 2.34. The van der Waals surface area contributed by atoms with E-state index < -0.39 is 111 Å². The largest absolute Gasteiger partial charge is 0.481 e. The standard InChI is InChI=1S/C44H57N7O20S4/c45-74(66,67)33-7-3-28(4-8-33)18-32(54)23-49(12-13-50-24-39(57)51(40(58)25-50)30-5-9-34(10-6-30)75(46,68)69)22-31(53)2-1-14-70-15-11-38(56)47-35(21-42(61)62)37(55)19-29(20-41(59)60)43(63)48-36(44(64)65)26-73-72-17-16-71-27-52/h3-10,27,29,35-36H,1-2,11-26H2,(H,47,56)(H,48,63)(H,59,60)(H,61,62)(H,64,65)(H2,45,66,67)(H2,46,68,69)/t29-,35-,36-/m0/s1. The van der Waals surface area contributed by atoms with E-state index in [9.17, 15) is 84.9 Å². The van der Waals surface area contributed by atoms with Crippen LogP contribution in [0.15, 0.2) is 58.3 Å². The summed E-state index contributed by atoms with van der Waals surface area (Å²) in [5.41, 5.74) is 0.581. The van der Waals surface area contributed by atoms with Gasteiger partial charge in [-0.25, -0.2) is 36.8 Å². The van der Waals surface area contributed by atoms with Crippen molar-refractivity contribution in [2.45, 2.75) is 66.8 Å². The van der Waals surface area contributed by atoms with E-state index in [1.54, 1.807) is 0 Å². The Morgan fingerprint density at radius 1 is 0.733 bits per heavy atom. The van der Waals surface area contributed by atoms with Gasteiger partial charge in [-0.05, 0) is 48.4 Å². The van der Waals surface area contributed by atoms with E-state index in [2.05, 4.69) is 15.4 Å². The molecule has 1 aliphatic rings. The number of ether oxygens (including phenoxy) is 2. The maximum absolute atomic E-state index is 13.3. The molecular formula is C44H57N7O20S4. The van der Waals surface area contributed by atoms with Crippen molar-refractivity contribution in [3.05, 3.63) is 54.1 Å². The second kappa shape index (κ2) is 31.0. The number of carbonyl (C=O) groups excluding carboxylic acids is 8. The minimum absolute atomic E-state index is 0.0298. The van der Waals surface area contributed by atoms with E-state index in [1.807, 2.05) is 0 Å². The topological polar surface area (TPSA) is 421 Å². The third kappa shape index (κ3) is 23.5. The number of anilines is 1. The van der Waals surface area contributed by atoms with Gasteiger partial charge in [-0.2, -0.15) is 0 Å². The van der Waals surface area contributed by atoms with Crippen molar-refractivity contribution in [2.24, 2.45) is 16.2 Å². The summed E-state index contributed by atoms with van der Waals surface area (Å²) in [6.07, 6.45) is -3.25. The fraction of sp³-hybridized carbons (Fsp3) is 0.477. The number of piperazine rings is 1. The molecule has 0 saturated carbocycles. The summed E-state index contributed by atoms with van der Waals surface area (Å²) in [4.78, 5) is 141. The van der Waals surface area contributed by atoms with Crippen molar-refractivity contribution in [1.29, 1.82) is 0 Å². The zero-order chi connectivity index (χ0) is 55.9. The van der Waals surface area contributed by atoms with Crippen molar-refractivity contribution in [1.82, 2.24) is 20.4 Å². The molecule has 0 unspecified atom stereocenters. The van der Waals surface area contributed by atoms with E-state index in [4.69, 9.17) is 15.0 Å². The maximum Gasteiger partial charge on any atom is 0.327 e. The quantitative estimate of drug-likeness (QED) is 0.0169. The predicted octanol–water partition coefficient (Wildman–Crippen LogP) is -1.84. The molecule has 9 N–H and O–H groups in total. The summed E-state index contributed by atoms with van der Waals surface area (Å²) in [5, 5.41) is 43.2. The summed E-state index contributed by atoms with van der Waals surface area (Å²) in [6, 6.07) is 6.90. The monoisotopic (exact) mass is 1130 g/mol. The first-order valence-electron chi connectivity index (χ1n) is 22.5. The number of hydrogen-bond donors (Lipinski definition) is 7. The molecule has 27 nitrogen and oxygen atoms in total. The molecule has 31 heteroatoms. The number of aliphatic carboxylic acids is 3. The number of primary sulfonamides is 2. The Labute approximate surface area is 438 Å². The molecule has 1 fully saturated rings. The van der Waals surface area contributed by atoms with E-state index >= 15 is 0 Å². The van der Waals surface area contributed by atoms with Crippen molar-refractivity contribution in [3.63, 3.8) is 0 Å². The fourth-order valence-corrected chi connectivity index (χ4v) is 10.1. The Morgan fingerprint density at radius 2 is 1.32 bits per heavy atom. The Hall–Kier alpha value is -6.19. The Bertz CT molecular complexity index is 2600. The van der Waals surface area contributed by atoms with E-state index in [0.717, 1.165) is 38.6 Å². The van der Waals surface area contributed by atoms with E-state index in [1.165, 1.54) is 46.2 Å². The van der Waals surface area contributed by atoms with Crippen LogP contribution >= 0.6 is 21.6 Å². The fourth-order valence-electron chi connectivity index (χ4n) is 7.05. The number of ketones is 3. The lowest BCUT2D eigenvalue weighted by Crippen LogP contribution is -2.55. The molecule has 0 aromatic heterocycles. The van der Waals surface area contributed by atoms with E-state index in [-0.39, 0.29) is 118 Å². The molecule has 2 aromatic rings. The molecule has 1 heterocycles. The normalized spacial score (nSPS) is 14.4. The Balaban J connectivity index is 1.55. The first kappa shape index (κ1) is 63.1. The van der Waals surface area contributed by atoms with Gasteiger partial charge in [0.1, 0.15) is 18.4 Å². The minimum atomic E-state index is -4.03. The summed E-state index contributed by atoms with van der Waals surface area (Å²) in [7, 11) is -5.88. The van der Waals surface area contributed by atoms with Gasteiger partial charge >= 0.3 is 17.9 Å². The van der Waals surface area contributed by atoms with Gasteiger partial charge in [0.25, 0.3) is 6.47 Å². The molecule has 4 amide bonds. The maximum atomic E-state index is 13.3. The van der Waals surface area contributed by atoms with E-state index in [0.29, 0.717) is 11.3 Å². The van der Waals surface area contributed by atoms with Crippen LogP contribution < -0.4 is 25.8 Å². The summed E-state index contributed by atoms with van der Waals surface area (Å²) < 4.78 is 56.7. The molecule has 0 aliphatic carbocycles. The van der Waals surface area contributed by atoms with Gasteiger partial charge in [0, 0.05) is 56.9 Å². The van der Waals surface area contributed by atoms with Crippen LogP contribution in [0.1, 0.15) is 44.1 Å². The Kier molecular flexibility index (Phi) is 26.1. The molecule has 1 aliphatic heterocycles. The van der Waals surface area contributed by atoms with Crippen LogP contribution in [0.3, 0.4) is 0 Å². The second-order valence-corrected chi connectivity index (χ2v) is 22.4. The summed E-state index contributed by atoms with van der Waals surface area (Å²) in [6.45, 7) is -0.977. The summed E-state index contributed by atoms with van der Waals surface area (Å²) >= 11 is 0. The van der Waals surface area contributed by atoms with Crippen LogP contribution in [0, 0.1) is 5.92 Å². The second-order valence-electron chi connectivity index (χ2n) is 16.6. The number of nitrogens with one attached hydrogen (secondary N) is 2. The van der Waals surface area contributed by atoms with Gasteiger partial charge in [-0.15, -0.1) is 0 Å². The first-order valence-corrected chi connectivity index (χ1v) is 28.1. The first-order chi connectivity index (χ1) is 35.3. The highest BCUT2D eigenvalue weighted by atomic mass is 33.1. The Morgan fingerprint density at radius 3 is 1.88 bits per heavy atom. The SMILES string of the molecule is NS(=O)(=O)c1ccc(CC(=O)CN(CCN2CC(=O)N(c3ccc(S(N)(=O)=O)cc3)C(=O)C2)CC(=O)CCCOCCC(=O)N[C@@H](CC(=O)O)C(=O)C[C@@H](CC(=O)O)C(=O)N[C@@H](CSSCCOC=O)C(=O)O)cc1. The van der Waals surface area contributed by atoms with Gasteiger partial charge < -0.3 is 35.4 Å². The molecule has 2 aromatic carbocycles. The molecule has 3 rings (SSSR count). The number of carboxylic acids is 3. The third-order valence-electron chi connectivity index (χ3n) is 10.7. The van der Waals surface area contributed by atoms with Crippen molar-refractivity contribution in [2.75, 3.05) is 75.5 Å². The van der Waals surface area contributed by atoms with Crippen LogP contribution in [0.5, 0.6) is 0 Å². The molecule has 3 atom stereocenters. The highest BCUT2D eigenvalue weighted by Crippen LogP contribution is 2.23. The summed E-state index contributed by atoms with van der Waals surface area (Å²) in [5.74, 6) is -11.0. The predicted molar refractivity (Wildman–Crippen MR) is 265 cm³/mol. The lowest BCUT2D eigenvalue weighted by molar-refractivity contribution is -0.145. The minimum Gasteiger partial charge on any atom is -0.481 e. The average molecular weight is 1130 g/mol. The zero-order valence-electron chi connectivity index (χ0n) is 40.1. The average Bonchev–Trinajstić information content (AvgIpc) is 3.31. The van der Waals surface area contributed by atoms with Crippen LogP contribution in [-0.4, -0.2) is 190 Å². The zero-order valence-corrected chi connectivity index (χ0v) is 43.3. The van der Waals surface area contributed by atoms with Gasteiger partial charge in [0.05, 0.1) is 73.1 Å². The number of Topliss-reactive ketones (excluding diaryl/α,β-unsaturated/α-hetero) is 3. The number of amides is 4. The van der Waals surface area contributed by atoms with Crippen LogP contribution in [0.2, 0.25) is 0 Å². The number of nitrogens with two attached hydrogens (primary N) is 2. The van der Waals surface area contributed by atoms with Crippen LogP contribution in [0.25, 0.3) is 0 Å². The number of sulfonamides is 2. The molecule has 75 heavy (non-hydrogen) atoms. The lowest BCUT2D eigenvalue weighted by atomic mass is 9.93. The third-order valence-corrected chi connectivity index (χ3v) is 14.9. The van der Waals surface area contributed by atoms with Crippen LogP contribution in [-0.2, 0) is 88.7 Å². The number of rotatable bonds is 37. The van der Waals surface area contributed by atoms with Gasteiger partial charge in [0.15, 0.2) is 11.6 Å². The molecule has 412 valence electrons. The lowest BCUT2D eigenvalue weighted by Gasteiger charge is -2.33. The van der Waals surface area contributed by atoms with Gasteiger partial charge in [0.2, 0.25) is 43.7 Å². The van der Waals surface area contributed by atoms with Crippen molar-refractivity contribution >= 4 is 113 Å². The molecule has 1 saturated heterocycles. The smallest absolute Gasteiger partial charge is 0.327 e. The van der Waals surface area contributed by atoms with Gasteiger partial charge in [-0.3, -0.25) is 57.7 Å². The van der Waals surface area contributed by atoms with Crippen LogP contribution in [0.4, 0.5) is 5.69 Å².